The molecule has 1 aliphatic carbocycles. The van der Waals surface area contributed by atoms with Crippen molar-refractivity contribution in [2.45, 2.75) is 19.8 Å². The van der Waals surface area contributed by atoms with Gasteiger partial charge in [0.1, 0.15) is 11.3 Å². The summed E-state index contributed by atoms with van der Waals surface area (Å²) >= 11 is 0. The summed E-state index contributed by atoms with van der Waals surface area (Å²) in [4.78, 5) is 11.7. The van der Waals surface area contributed by atoms with Crippen molar-refractivity contribution in [2.24, 2.45) is 5.92 Å². The molecule has 0 aromatic heterocycles. The minimum Gasteiger partial charge on any atom is -0.467 e. The van der Waals surface area contributed by atoms with Crippen LogP contribution in [0.5, 0.6) is 5.75 Å². The fourth-order valence-electron chi connectivity index (χ4n) is 1.64. The zero-order valence-corrected chi connectivity index (χ0v) is 11.1. The smallest absolute Gasteiger partial charge is 0.341 e. The molecule has 1 aromatic rings. The van der Waals surface area contributed by atoms with Gasteiger partial charge in [0, 0.05) is 11.8 Å². The minimum absolute atomic E-state index is 0.117. The van der Waals surface area contributed by atoms with Gasteiger partial charge in [0.05, 0.1) is 13.2 Å². The highest BCUT2D eigenvalue weighted by molar-refractivity contribution is 5.93. The lowest BCUT2D eigenvalue weighted by atomic mass is 10.2. The summed E-state index contributed by atoms with van der Waals surface area (Å²) in [6.07, 6.45) is 2.46. The van der Waals surface area contributed by atoms with E-state index in [1.807, 2.05) is 0 Å². The Bertz CT molecular complexity index is 443. The Kier molecular flexibility index (Phi) is 4.63. The third-order valence-corrected chi connectivity index (χ3v) is 2.85. The molecular weight excluding hydrogens is 246 g/mol. The molecule has 1 aliphatic rings. The highest BCUT2D eigenvalue weighted by Crippen LogP contribution is 2.29. The molecule has 104 valence electrons. The highest BCUT2D eigenvalue weighted by atomic mass is 16.7. The van der Waals surface area contributed by atoms with Gasteiger partial charge in [-0.2, -0.15) is 0 Å². The molecule has 0 atom stereocenters. The first-order chi connectivity index (χ1) is 9.20. The first kappa shape index (κ1) is 13.7. The number of benzene rings is 1. The maximum Gasteiger partial charge on any atom is 0.341 e. The summed E-state index contributed by atoms with van der Waals surface area (Å²) in [6, 6.07) is 4.85. The second-order valence-corrected chi connectivity index (χ2v) is 4.55. The minimum atomic E-state index is -0.417. The van der Waals surface area contributed by atoms with E-state index in [1.54, 1.807) is 25.1 Å². The average Bonchev–Trinajstić information content (AvgIpc) is 3.19. The molecule has 0 amide bonds. The van der Waals surface area contributed by atoms with Crippen molar-refractivity contribution in [3.63, 3.8) is 0 Å². The van der Waals surface area contributed by atoms with Gasteiger partial charge in [0.15, 0.2) is 6.79 Å². The lowest BCUT2D eigenvalue weighted by Gasteiger charge is -2.11. The van der Waals surface area contributed by atoms with Crippen LogP contribution in [0.3, 0.4) is 0 Å². The van der Waals surface area contributed by atoms with Gasteiger partial charge in [0.2, 0.25) is 0 Å². The van der Waals surface area contributed by atoms with E-state index in [1.165, 1.54) is 12.8 Å². The molecule has 0 spiro atoms. The summed E-state index contributed by atoms with van der Waals surface area (Å²) < 4.78 is 15.8. The molecule has 1 aromatic carbocycles. The van der Waals surface area contributed by atoms with Gasteiger partial charge >= 0.3 is 5.97 Å². The van der Waals surface area contributed by atoms with E-state index in [9.17, 15) is 4.79 Å². The van der Waals surface area contributed by atoms with Crippen molar-refractivity contribution in [3.8, 4) is 5.75 Å². The van der Waals surface area contributed by atoms with Crippen LogP contribution in [0.4, 0.5) is 5.69 Å². The van der Waals surface area contributed by atoms with Crippen LogP contribution in [-0.2, 0) is 9.47 Å². The van der Waals surface area contributed by atoms with Crippen LogP contribution < -0.4 is 10.5 Å². The second kappa shape index (κ2) is 6.43. The monoisotopic (exact) mass is 265 g/mol. The van der Waals surface area contributed by atoms with Crippen LogP contribution in [-0.4, -0.2) is 26.0 Å². The molecule has 0 radical (unpaired) electrons. The first-order valence-corrected chi connectivity index (χ1v) is 6.48. The molecular formula is C14H19NO4. The number of nitrogens with two attached hydrogens (primary N) is 1. The van der Waals surface area contributed by atoms with Crippen molar-refractivity contribution >= 4 is 11.7 Å². The van der Waals surface area contributed by atoms with Gasteiger partial charge in [-0.3, -0.25) is 0 Å². The Morgan fingerprint density at radius 1 is 1.42 bits per heavy atom. The fraction of sp³-hybridized carbons (Fsp3) is 0.500. The van der Waals surface area contributed by atoms with Crippen LogP contribution in [0.15, 0.2) is 18.2 Å². The summed E-state index contributed by atoms with van der Waals surface area (Å²) in [5.41, 5.74) is 6.59. The molecule has 2 N–H and O–H groups in total. The standard InChI is InChI=1S/C14H19NO4/c1-2-18-14(16)12-6-5-11(15)7-13(12)19-9-17-8-10-3-4-10/h5-7,10H,2-4,8-9,15H2,1H3. The second-order valence-electron chi connectivity index (χ2n) is 4.55. The molecule has 5 heteroatoms. The molecule has 2 rings (SSSR count). The van der Waals surface area contributed by atoms with Crippen LogP contribution in [0, 0.1) is 5.92 Å². The van der Waals surface area contributed by atoms with Gasteiger partial charge in [-0.1, -0.05) is 0 Å². The number of carbonyl (C=O) groups is 1. The SMILES string of the molecule is CCOC(=O)c1ccc(N)cc1OCOCC1CC1. The van der Waals surface area contributed by atoms with Crippen LogP contribution in [0.1, 0.15) is 30.1 Å². The third kappa shape index (κ3) is 4.13. The van der Waals surface area contributed by atoms with Crippen molar-refractivity contribution in [2.75, 3.05) is 25.7 Å². The Morgan fingerprint density at radius 2 is 2.21 bits per heavy atom. The van der Waals surface area contributed by atoms with Crippen molar-refractivity contribution in [1.29, 1.82) is 0 Å². The zero-order valence-electron chi connectivity index (χ0n) is 11.1. The Balaban J connectivity index is 1.94. The molecule has 0 unspecified atom stereocenters. The van der Waals surface area contributed by atoms with E-state index in [2.05, 4.69) is 0 Å². The summed E-state index contributed by atoms with van der Waals surface area (Å²) in [7, 11) is 0. The van der Waals surface area contributed by atoms with Crippen molar-refractivity contribution < 1.29 is 19.0 Å². The number of anilines is 1. The summed E-state index contributed by atoms with van der Waals surface area (Å²) in [6.45, 7) is 2.90. The van der Waals surface area contributed by atoms with E-state index < -0.39 is 5.97 Å². The van der Waals surface area contributed by atoms with Crippen LogP contribution >= 0.6 is 0 Å². The Labute approximate surface area is 112 Å². The number of rotatable bonds is 7. The number of hydrogen-bond donors (Lipinski definition) is 1. The largest absolute Gasteiger partial charge is 0.467 e. The molecule has 5 nitrogen and oxygen atoms in total. The molecule has 0 aliphatic heterocycles. The Hall–Kier alpha value is -1.75. The normalized spacial score (nSPS) is 14.2. The van der Waals surface area contributed by atoms with E-state index in [4.69, 9.17) is 19.9 Å². The molecule has 1 saturated carbocycles. The molecule has 1 fully saturated rings. The Morgan fingerprint density at radius 3 is 2.89 bits per heavy atom. The topological polar surface area (TPSA) is 70.8 Å². The number of ether oxygens (including phenoxy) is 3. The van der Waals surface area contributed by atoms with E-state index >= 15 is 0 Å². The number of esters is 1. The van der Waals surface area contributed by atoms with Gasteiger partial charge in [0.25, 0.3) is 0 Å². The highest BCUT2D eigenvalue weighted by Gasteiger charge is 2.21. The maximum absolute atomic E-state index is 11.7. The predicted octanol–water partition coefficient (Wildman–Crippen LogP) is 2.21. The average molecular weight is 265 g/mol. The molecule has 19 heavy (non-hydrogen) atoms. The fourth-order valence-corrected chi connectivity index (χ4v) is 1.64. The number of carbonyl (C=O) groups excluding carboxylic acids is 1. The summed E-state index contributed by atoms with van der Waals surface area (Å²) in [5.74, 6) is 0.655. The van der Waals surface area contributed by atoms with Gasteiger partial charge in [-0.05, 0) is 37.8 Å². The quantitative estimate of drug-likeness (QED) is 0.354. The van der Waals surface area contributed by atoms with Crippen molar-refractivity contribution in [1.82, 2.24) is 0 Å². The van der Waals surface area contributed by atoms with E-state index in [0.717, 1.165) is 0 Å². The van der Waals surface area contributed by atoms with Crippen LogP contribution in [0.2, 0.25) is 0 Å². The lowest BCUT2D eigenvalue weighted by Crippen LogP contribution is -2.11. The lowest BCUT2D eigenvalue weighted by molar-refractivity contribution is 0.00885. The van der Waals surface area contributed by atoms with Gasteiger partial charge in [-0.15, -0.1) is 0 Å². The molecule has 0 heterocycles. The van der Waals surface area contributed by atoms with Crippen molar-refractivity contribution in [3.05, 3.63) is 23.8 Å². The van der Waals surface area contributed by atoms with Gasteiger partial charge < -0.3 is 19.9 Å². The maximum atomic E-state index is 11.7. The zero-order chi connectivity index (χ0) is 13.7. The van der Waals surface area contributed by atoms with E-state index in [0.29, 0.717) is 36.1 Å². The number of nitrogen functional groups attached to an aromatic ring is 1. The predicted molar refractivity (Wildman–Crippen MR) is 71.0 cm³/mol. The van der Waals surface area contributed by atoms with Gasteiger partial charge in [-0.25, -0.2) is 4.79 Å². The first-order valence-electron chi connectivity index (χ1n) is 6.48. The molecule has 0 bridgehead atoms. The summed E-state index contributed by atoms with van der Waals surface area (Å²) in [5, 5.41) is 0. The number of hydrogen-bond acceptors (Lipinski definition) is 5. The van der Waals surface area contributed by atoms with Crippen LogP contribution in [0.25, 0.3) is 0 Å². The van der Waals surface area contributed by atoms with E-state index in [-0.39, 0.29) is 6.79 Å². The third-order valence-electron chi connectivity index (χ3n) is 2.85. The molecule has 0 saturated heterocycles.